The van der Waals surface area contributed by atoms with Crippen molar-refractivity contribution in [1.29, 1.82) is 0 Å². The Labute approximate surface area is 121 Å². The quantitative estimate of drug-likeness (QED) is 0.783. The zero-order valence-corrected chi connectivity index (χ0v) is 11.3. The molecule has 2 aromatic rings. The number of carbonyl (C=O) groups excluding carboxylic acids is 1. The predicted octanol–water partition coefficient (Wildman–Crippen LogP) is 1.30. The van der Waals surface area contributed by atoms with Gasteiger partial charge in [-0.25, -0.2) is 4.79 Å². The summed E-state index contributed by atoms with van der Waals surface area (Å²) in [6.45, 7) is 0.607. The van der Waals surface area contributed by atoms with Crippen molar-refractivity contribution in [3.8, 4) is 0 Å². The first-order valence-corrected chi connectivity index (χ1v) is 6.37. The van der Waals surface area contributed by atoms with E-state index in [-0.39, 0.29) is 12.5 Å². The lowest BCUT2D eigenvalue weighted by Gasteiger charge is -2.06. The molecule has 21 heavy (non-hydrogen) atoms. The first-order chi connectivity index (χ1) is 10.1. The molecule has 1 amide bonds. The minimum Gasteiger partial charge on any atom is -0.478 e. The van der Waals surface area contributed by atoms with Crippen LogP contribution in [0.1, 0.15) is 11.1 Å². The van der Waals surface area contributed by atoms with E-state index in [1.54, 1.807) is 35.3 Å². The summed E-state index contributed by atoms with van der Waals surface area (Å²) in [5.41, 5.74) is 1.74. The summed E-state index contributed by atoms with van der Waals surface area (Å²) >= 11 is 0. The number of aromatic nitrogens is 2. The Bertz CT molecular complexity index is 631. The van der Waals surface area contributed by atoms with Crippen LogP contribution in [0.4, 0.5) is 0 Å². The highest BCUT2D eigenvalue weighted by Gasteiger charge is 2.02. The molecule has 0 aliphatic heterocycles. The number of nitrogens with zero attached hydrogens (tertiary/aromatic N) is 2. The predicted molar refractivity (Wildman–Crippen MR) is 77.2 cm³/mol. The van der Waals surface area contributed by atoms with Gasteiger partial charge in [-0.15, -0.1) is 0 Å². The van der Waals surface area contributed by atoms with E-state index in [0.29, 0.717) is 6.54 Å². The first kappa shape index (κ1) is 14.5. The fourth-order valence-electron chi connectivity index (χ4n) is 1.71. The topological polar surface area (TPSA) is 84.2 Å². The van der Waals surface area contributed by atoms with Gasteiger partial charge in [0, 0.05) is 25.0 Å². The van der Waals surface area contributed by atoms with Crippen LogP contribution in [0.2, 0.25) is 0 Å². The van der Waals surface area contributed by atoms with E-state index in [9.17, 15) is 9.59 Å². The second-order valence-corrected chi connectivity index (χ2v) is 4.39. The fourth-order valence-corrected chi connectivity index (χ4v) is 1.71. The molecule has 0 saturated carbocycles. The van der Waals surface area contributed by atoms with E-state index in [2.05, 4.69) is 10.4 Å². The summed E-state index contributed by atoms with van der Waals surface area (Å²) in [6, 6.07) is 9.05. The van der Waals surface area contributed by atoms with Crippen molar-refractivity contribution in [1.82, 2.24) is 15.1 Å². The molecule has 0 aliphatic rings. The third kappa shape index (κ3) is 4.94. The Balaban J connectivity index is 1.83. The van der Waals surface area contributed by atoms with Crippen molar-refractivity contribution in [2.45, 2.75) is 13.1 Å². The number of carboxylic acids is 1. The summed E-state index contributed by atoms with van der Waals surface area (Å²) in [5, 5.41) is 15.3. The molecule has 0 unspecified atom stereocenters. The number of carbonyl (C=O) groups is 2. The minimum absolute atomic E-state index is 0.117. The third-order valence-electron chi connectivity index (χ3n) is 2.75. The smallest absolute Gasteiger partial charge is 0.328 e. The van der Waals surface area contributed by atoms with Gasteiger partial charge < -0.3 is 10.4 Å². The van der Waals surface area contributed by atoms with E-state index in [1.165, 1.54) is 6.08 Å². The van der Waals surface area contributed by atoms with Gasteiger partial charge in [0.25, 0.3) is 0 Å². The highest BCUT2D eigenvalue weighted by Crippen LogP contribution is 2.06. The Morgan fingerprint density at radius 2 is 2.05 bits per heavy atom. The number of carboxylic acid groups (broad SMARTS) is 1. The van der Waals surface area contributed by atoms with E-state index < -0.39 is 5.97 Å². The van der Waals surface area contributed by atoms with Crippen molar-refractivity contribution >= 4 is 18.0 Å². The van der Waals surface area contributed by atoms with Crippen molar-refractivity contribution < 1.29 is 14.7 Å². The summed E-state index contributed by atoms with van der Waals surface area (Å²) < 4.78 is 1.55. The van der Waals surface area contributed by atoms with Gasteiger partial charge in [0.1, 0.15) is 6.54 Å². The number of hydrogen-bond donors (Lipinski definition) is 2. The van der Waals surface area contributed by atoms with Gasteiger partial charge in [-0.2, -0.15) is 5.10 Å². The van der Waals surface area contributed by atoms with E-state index in [4.69, 9.17) is 5.11 Å². The lowest BCUT2D eigenvalue weighted by Crippen LogP contribution is -2.27. The summed E-state index contributed by atoms with van der Waals surface area (Å²) in [5.74, 6) is -1.10. The molecule has 0 saturated heterocycles. The van der Waals surface area contributed by atoms with E-state index in [1.807, 2.05) is 12.1 Å². The second-order valence-electron chi connectivity index (χ2n) is 4.39. The van der Waals surface area contributed by atoms with E-state index in [0.717, 1.165) is 17.2 Å². The minimum atomic E-state index is -0.982. The summed E-state index contributed by atoms with van der Waals surface area (Å²) in [7, 11) is 0. The zero-order valence-electron chi connectivity index (χ0n) is 11.3. The number of hydrogen-bond acceptors (Lipinski definition) is 3. The lowest BCUT2D eigenvalue weighted by atomic mass is 10.1. The van der Waals surface area contributed by atoms with Crippen LogP contribution in [-0.4, -0.2) is 26.8 Å². The second kappa shape index (κ2) is 7.04. The molecule has 1 heterocycles. The SMILES string of the molecule is O=C(O)C=Cc1ccc(CNC(=O)Cn2cccn2)cc1. The van der Waals surface area contributed by atoms with Crippen LogP contribution in [0.15, 0.2) is 48.8 Å². The van der Waals surface area contributed by atoms with Gasteiger partial charge in [-0.3, -0.25) is 9.48 Å². The third-order valence-corrected chi connectivity index (χ3v) is 2.75. The van der Waals surface area contributed by atoms with Crippen molar-refractivity contribution in [2.24, 2.45) is 0 Å². The molecule has 1 aromatic heterocycles. The molecule has 0 spiro atoms. The molecule has 0 bridgehead atoms. The van der Waals surface area contributed by atoms with Crippen LogP contribution >= 0.6 is 0 Å². The van der Waals surface area contributed by atoms with Gasteiger partial charge in [0.2, 0.25) is 5.91 Å². The van der Waals surface area contributed by atoms with Crippen LogP contribution in [-0.2, 0) is 22.7 Å². The number of amides is 1. The molecule has 2 rings (SSSR count). The average Bonchev–Trinajstić information content (AvgIpc) is 2.97. The standard InChI is InChI=1S/C15H15N3O3/c19-14(11-18-9-1-8-17-18)16-10-13-4-2-12(3-5-13)6-7-15(20)21/h1-9H,10-11H2,(H,16,19)(H,20,21). The number of aliphatic carboxylic acids is 1. The van der Waals surface area contributed by atoms with Gasteiger partial charge in [0.05, 0.1) is 0 Å². The van der Waals surface area contributed by atoms with Crippen molar-refractivity contribution in [3.05, 3.63) is 59.9 Å². The molecular formula is C15H15N3O3. The van der Waals surface area contributed by atoms with Crippen molar-refractivity contribution in [2.75, 3.05) is 0 Å². The number of nitrogens with one attached hydrogen (secondary N) is 1. The maximum absolute atomic E-state index is 11.7. The highest BCUT2D eigenvalue weighted by molar-refractivity contribution is 5.85. The van der Waals surface area contributed by atoms with Crippen LogP contribution < -0.4 is 5.32 Å². The molecule has 6 heteroatoms. The monoisotopic (exact) mass is 285 g/mol. The van der Waals surface area contributed by atoms with Crippen LogP contribution in [0.3, 0.4) is 0 Å². The van der Waals surface area contributed by atoms with Crippen LogP contribution in [0.5, 0.6) is 0 Å². The molecule has 2 N–H and O–H groups in total. The van der Waals surface area contributed by atoms with Crippen molar-refractivity contribution in [3.63, 3.8) is 0 Å². The lowest BCUT2D eigenvalue weighted by molar-refractivity contribution is -0.131. The van der Waals surface area contributed by atoms with Gasteiger partial charge in [-0.1, -0.05) is 24.3 Å². The maximum Gasteiger partial charge on any atom is 0.328 e. The molecule has 108 valence electrons. The fraction of sp³-hybridized carbons (Fsp3) is 0.133. The zero-order chi connectivity index (χ0) is 15.1. The number of rotatable bonds is 6. The molecular weight excluding hydrogens is 270 g/mol. The largest absolute Gasteiger partial charge is 0.478 e. The normalized spacial score (nSPS) is 10.7. The van der Waals surface area contributed by atoms with Gasteiger partial charge in [-0.05, 0) is 23.3 Å². The van der Waals surface area contributed by atoms with E-state index >= 15 is 0 Å². The molecule has 1 aromatic carbocycles. The number of benzene rings is 1. The Kier molecular flexibility index (Phi) is 4.87. The first-order valence-electron chi connectivity index (χ1n) is 6.37. The average molecular weight is 285 g/mol. The maximum atomic E-state index is 11.7. The molecule has 6 nitrogen and oxygen atoms in total. The Morgan fingerprint density at radius 3 is 2.67 bits per heavy atom. The molecule has 0 atom stereocenters. The highest BCUT2D eigenvalue weighted by atomic mass is 16.4. The molecule has 0 radical (unpaired) electrons. The van der Waals surface area contributed by atoms with Crippen LogP contribution in [0, 0.1) is 0 Å². The summed E-state index contributed by atoms with van der Waals surface area (Å²) in [6.07, 6.45) is 5.95. The van der Waals surface area contributed by atoms with Gasteiger partial charge >= 0.3 is 5.97 Å². The Hall–Kier alpha value is -2.89. The van der Waals surface area contributed by atoms with Gasteiger partial charge in [0.15, 0.2) is 0 Å². The Morgan fingerprint density at radius 1 is 1.29 bits per heavy atom. The molecule has 0 fully saturated rings. The summed E-state index contributed by atoms with van der Waals surface area (Å²) in [4.78, 5) is 22.1. The van der Waals surface area contributed by atoms with Crippen LogP contribution in [0.25, 0.3) is 6.08 Å². The molecule has 0 aliphatic carbocycles.